The molecule has 5 nitrogen and oxygen atoms in total. The lowest BCUT2D eigenvalue weighted by Gasteiger charge is -2.37. The molecule has 1 amide bonds. The van der Waals surface area contributed by atoms with Crippen molar-refractivity contribution in [2.45, 2.75) is 12.8 Å². The number of halogens is 1. The smallest absolute Gasteiger partial charge is 0.253 e. The number of amides is 1. The van der Waals surface area contributed by atoms with E-state index in [0.29, 0.717) is 30.4 Å². The second kappa shape index (κ2) is 4.77. The van der Waals surface area contributed by atoms with E-state index in [1.54, 1.807) is 11.8 Å². The third kappa shape index (κ3) is 2.40. The molecule has 1 aliphatic heterocycles. The maximum absolute atomic E-state index is 12.2. The molecular formula is C13H12BrN3O2. The third-order valence-corrected chi connectivity index (χ3v) is 3.63. The van der Waals surface area contributed by atoms with Crippen molar-refractivity contribution in [1.82, 2.24) is 15.0 Å². The highest BCUT2D eigenvalue weighted by Crippen LogP contribution is 2.27. The van der Waals surface area contributed by atoms with Gasteiger partial charge in [-0.25, -0.2) is 0 Å². The lowest BCUT2D eigenvalue weighted by Crippen LogP contribution is -2.48. The van der Waals surface area contributed by atoms with E-state index in [1.165, 1.54) is 0 Å². The Kier molecular flexibility index (Phi) is 3.10. The summed E-state index contributed by atoms with van der Waals surface area (Å²) >= 11 is 3.37. The van der Waals surface area contributed by atoms with Crippen LogP contribution in [0, 0.1) is 6.92 Å². The molecule has 6 heteroatoms. The number of hydrogen-bond donors (Lipinski definition) is 0. The molecule has 1 aliphatic rings. The summed E-state index contributed by atoms with van der Waals surface area (Å²) in [6.45, 7) is 3.05. The topological polar surface area (TPSA) is 59.2 Å². The average Bonchev–Trinajstić information content (AvgIpc) is 2.73. The molecule has 0 aliphatic carbocycles. The average molecular weight is 322 g/mol. The van der Waals surface area contributed by atoms with Crippen LogP contribution in [0.5, 0.6) is 0 Å². The molecule has 0 spiro atoms. The zero-order chi connectivity index (χ0) is 13.4. The lowest BCUT2D eigenvalue weighted by atomic mass is 9.99. The molecule has 0 radical (unpaired) electrons. The van der Waals surface area contributed by atoms with Crippen LogP contribution in [0.15, 0.2) is 33.3 Å². The van der Waals surface area contributed by atoms with Crippen LogP contribution in [-0.4, -0.2) is 34.0 Å². The van der Waals surface area contributed by atoms with Crippen molar-refractivity contribution in [2.75, 3.05) is 13.1 Å². The first-order chi connectivity index (χ1) is 9.13. The van der Waals surface area contributed by atoms with Crippen molar-refractivity contribution >= 4 is 21.8 Å². The fraction of sp³-hybridized carbons (Fsp3) is 0.308. The molecule has 1 saturated heterocycles. The highest BCUT2D eigenvalue weighted by Gasteiger charge is 2.35. The molecule has 0 bridgehead atoms. The highest BCUT2D eigenvalue weighted by molar-refractivity contribution is 9.10. The van der Waals surface area contributed by atoms with Crippen LogP contribution in [0.4, 0.5) is 0 Å². The van der Waals surface area contributed by atoms with Gasteiger partial charge < -0.3 is 9.42 Å². The van der Waals surface area contributed by atoms with Gasteiger partial charge in [-0.2, -0.15) is 4.98 Å². The first-order valence-electron chi connectivity index (χ1n) is 5.98. The minimum Gasteiger partial charge on any atom is -0.339 e. The molecule has 0 N–H and O–H groups in total. The van der Waals surface area contributed by atoms with Gasteiger partial charge in [0.05, 0.1) is 5.92 Å². The Morgan fingerprint density at radius 3 is 2.89 bits per heavy atom. The van der Waals surface area contributed by atoms with Gasteiger partial charge in [0.2, 0.25) is 5.89 Å². The molecular weight excluding hydrogens is 310 g/mol. The number of carbonyl (C=O) groups is 1. The fourth-order valence-corrected chi connectivity index (χ4v) is 2.48. The predicted molar refractivity (Wildman–Crippen MR) is 71.8 cm³/mol. The van der Waals surface area contributed by atoms with E-state index >= 15 is 0 Å². The number of hydrogen-bond acceptors (Lipinski definition) is 4. The van der Waals surface area contributed by atoms with Crippen LogP contribution < -0.4 is 0 Å². The standard InChI is InChI=1S/C13H12BrN3O2/c1-8-15-12(19-16-8)10-6-17(7-10)13(18)9-3-2-4-11(14)5-9/h2-5,10H,6-7H2,1H3. The maximum atomic E-state index is 12.2. The van der Waals surface area contributed by atoms with E-state index in [1.807, 2.05) is 24.3 Å². The van der Waals surface area contributed by atoms with Crippen LogP contribution in [0.2, 0.25) is 0 Å². The van der Waals surface area contributed by atoms with E-state index in [-0.39, 0.29) is 11.8 Å². The minimum absolute atomic E-state index is 0.0359. The van der Waals surface area contributed by atoms with Crippen molar-refractivity contribution in [3.63, 3.8) is 0 Å². The van der Waals surface area contributed by atoms with E-state index < -0.39 is 0 Å². The summed E-state index contributed by atoms with van der Waals surface area (Å²) in [7, 11) is 0. The largest absolute Gasteiger partial charge is 0.339 e. The van der Waals surface area contributed by atoms with Gasteiger partial charge in [-0.3, -0.25) is 4.79 Å². The van der Waals surface area contributed by atoms with Gasteiger partial charge in [0.15, 0.2) is 5.82 Å². The van der Waals surface area contributed by atoms with Crippen molar-refractivity contribution in [3.8, 4) is 0 Å². The number of likely N-dealkylation sites (tertiary alicyclic amines) is 1. The monoisotopic (exact) mass is 321 g/mol. The fourth-order valence-electron chi connectivity index (χ4n) is 2.08. The summed E-state index contributed by atoms with van der Waals surface area (Å²) in [6.07, 6.45) is 0. The van der Waals surface area contributed by atoms with Crippen molar-refractivity contribution in [2.24, 2.45) is 0 Å². The molecule has 0 saturated carbocycles. The van der Waals surface area contributed by atoms with Gasteiger partial charge in [-0.1, -0.05) is 27.2 Å². The molecule has 1 aromatic heterocycles. The molecule has 98 valence electrons. The van der Waals surface area contributed by atoms with Gasteiger partial charge in [-0.15, -0.1) is 0 Å². The molecule has 19 heavy (non-hydrogen) atoms. The van der Waals surface area contributed by atoms with Gasteiger partial charge in [0.25, 0.3) is 5.91 Å². The molecule has 0 atom stereocenters. The Labute approximate surface area is 118 Å². The summed E-state index contributed by atoms with van der Waals surface area (Å²) in [5.74, 6) is 1.45. The number of carbonyl (C=O) groups excluding carboxylic acids is 1. The van der Waals surface area contributed by atoms with E-state index in [9.17, 15) is 4.79 Å². The molecule has 1 aromatic carbocycles. The summed E-state index contributed by atoms with van der Waals surface area (Å²) in [4.78, 5) is 18.2. The third-order valence-electron chi connectivity index (χ3n) is 3.13. The first kappa shape index (κ1) is 12.3. The quantitative estimate of drug-likeness (QED) is 0.852. The second-order valence-electron chi connectivity index (χ2n) is 4.60. The molecule has 2 aromatic rings. The van der Waals surface area contributed by atoms with Gasteiger partial charge >= 0.3 is 0 Å². The second-order valence-corrected chi connectivity index (χ2v) is 5.51. The molecule has 3 rings (SSSR count). The van der Waals surface area contributed by atoms with Gasteiger partial charge in [0.1, 0.15) is 0 Å². The zero-order valence-electron chi connectivity index (χ0n) is 10.3. The Morgan fingerprint density at radius 2 is 2.26 bits per heavy atom. The first-order valence-corrected chi connectivity index (χ1v) is 6.78. The van der Waals surface area contributed by atoms with Crippen LogP contribution in [0.1, 0.15) is 28.0 Å². The lowest BCUT2D eigenvalue weighted by molar-refractivity contribution is 0.0569. The van der Waals surface area contributed by atoms with E-state index in [2.05, 4.69) is 26.1 Å². The zero-order valence-corrected chi connectivity index (χ0v) is 11.9. The van der Waals surface area contributed by atoms with Gasteiger partial charge in [0, 0.05) is 23.1 Å². The molecule has 1 fully saturated rings. The normalized spacial score (nSPS) is 15.4. The summed E-state index contributed by atoms with van der Waals surface area (Å²) in [5, 5.41) is 3.76. The van der Waals surface area contributed by atoms with Crippen LogP contribution >= 0.6 is 15.9 Å². The van der Waals surface area contributed by atoms with E-state index in [4.69, 9.17) is 4.52 Å². The van der Waals surface area contributed by atoms with Crippen molar-refractivity contribution in [1.29, 1.82) is 0 Å². The maximum Gasteiger partial charge on any atom is 0.253 e. The summed E-state index contributed by atoms with van der Waals surface area (Å²) in [6, 6.07) is 7.40. The van der Waals surface area contributed by atoms with E-state index in [0.717, 1.165) is 4.47 Å². The number of benzene rings is 1. The summed E-state index contributed by atoms with van der Waals surface area (Å²) < 4.78 is 6.02. The van der Waals surface area contributed by atoms with Crippen LogP contribution in [0.3, 0.4) is 0 Å². The molecule has 2 heterocycles. The van der Waals surface area contributed by atoms with Crippen LogP contribution in [-0.2, 0) is 0 Å². The Balaban J connectivity index is 1.66. The van der Waals surface area contributed by atoms with Crippen molar-refractivity contribution < 1.29 is 9.32 Å². The number of rotatable bonds is 2. The number of aryl methyl sites for hydroxylation is 1. The summed E-state index contributed by atoms with van der Waals surface area (Å²) in [5.41, 5.74) is 0.689. The number of nitrogens with zero attached hydrogens (tertiary/aromatic N) is 3. The SMILES string of the molecule is Cc1noc(C2CN(C(=O)c3cccc(Br)c3)C2)n1. The number of aromatic nitrogens is 2. The highest BCUT2D eigenvalue weighted by atomic mass is 79.9. The van der Waals surface area contributed by atoms with Crippen LogP contribution in [0.25, 0.3) is 0 Å². The Bertz CT molecular complexity index is 620. The molecule has 0 unspecified atom stereocenters. The minimum atomic E-state index is 0.0359. The Hall–Kier alpha value is -1.69. The van der Waals surface area contributed by atoms with Crippen molar-refractivity contribution in [3.05, 3.63) is 46.0 Å². The Morgan fingerprint density at radius 1 is 1.47 bits per heavy atom. The predicted octanol–water partition coefficient (Wildman–Crippen LogP) is 2.38. The van der Waals surface area contributed by atoms with Gasteiger partial charge in [-0.05, 0) is 25.1 Å².